The van der Waals surface area contributed by atoms with Crippen LogP contribution in [0.3, 0.4) is 0 Å². The van der Waals surface area contributed by atoms with E-state index in [1.807, 2.05) is 0 Å². The van der Waals surface area contributed by atoms with Crippen LogP contribution in [0, 0.1) is 6.92 Å². The maximum Gasteiger partial charge on any atom is 0.325 e. The molecule has 9 heteroatoms. The molecular formula is C13H13N5O3S. The van der Waals surface area contributed by atoms with Crippen LogP contribution in [0.25, 0.3) is 0 Å². The van der Waals surface area contributed by atoms with Crippen molar-refractivity contribution in [2.75, 3.05) is 6.54 Å². The SMILES string of the molecule is C/C(=N\N(CC(=O)O)C(=O)c1snnc1C)c1ccccn1. The number of carbonyl (C=O) groups excluding carboxylic acids is 1. The molecule has 2 aromatic heterocycles. The molecular weight excluding hydrogens is 306 g/mol. The lowest BCUT2D eigenvalue weighted by atomic mass is 10.2. The fourth-order valence-electron chi connectivity index (χ4n) is 1.63. The van der Waals surface area contributed by atoms with E-state index in [2.05, 4.69) is 19.7 Å². The summed E-state index contributed by atoms with van der Waals surface area (Å²) in [6.45, 7) is 2.73. The zero-order valence-corrected chi connectivity index (χ0v) is 12.7. The monoisotopic (exact) mass is 319 g/mol. The molecule has 22 heavy (non-hydrogen) atoms. The standard InChI is InChI=1S/C13H13N5O3S/c1-8(10-5-3-4-6-14-10)16-18(7-11(19)20)13(21)12-9(2)15-17-22-12/h3-6H,7H2,1-2H3,(H,19,20)/b16-8+. The third-order valence-electron chi connectivity index (χ3n) is 2.67. The number of aryl methyl sites for hydroxylation is 1. The number of nitrogens with zero attached hydrogens (tertiary/aromatic N) is 5. The minimum absolute atomic E-state index is 0.263. The molecule has 2 rings (SSSR count). The van der Waals surface area contributed by atoms with Gasteiger partial charge in [-0.1, -0.05) is 10.6 Å². The van der Waals surface area contributed by atoms with E-state index in [4.69, 9.17) is 5.11 Å². The number of hydrogen-bond acceptors (Lipinski definition) is 7. The van der Waals surface area contributed by atoms with Crippen LogP contribution in [-0.4, -0.2) is 48.8 Å². The van der Waals surface area contributed by atoms with Gasteiger partial charge in [0.25, 0.3) is 5.91 Å². The number of aliphatic carboxylic acids is 1. The topological polar surface area (TPSA) is 109 Å². The molecule has 0 aliphatic carbocycles. The van der Waals surface area contributed by atoms with Gasteiger partial charge in [0.1, 0.15) is 11.4 Å². The van der Waals surface area contributed by atoms with E-state index in [1.54, 1.807) is 38.2 Å². The Morgan fingerprint density at radius 3 is 2.73 bits per heavy atom. The molecule has 1 N–H and O–H groups in total. The zero-order valence-electron chi connectivity index (χ0n) is 11.9. The fraction of sp³-hybridized carbons (Fsp3) is 0.231. The van der Waals surface area contributed by atoms with Crippen molar-refractivity contribution in [3.8, 4) is 0 Å². The van der Waals surface area contributed by atoms with Crippen molar-refractivity contribution in [1.82, 2.24) is 19.6 Å². The minimum Gasteiger partial charge on any atom is -0.480 e. The van der Waals surface area contributed by atoms with Gasteiger partial charge >= 0.3 is 5.97 Å². The lowest BCUT2D eigenvalue weighted by molar-refractivity contribution is -0.137. The summed E-state index contributed by atoms with van der Waals surface area (Å²) in [7, 11) is 0. The van der Waals surface area contributed by atoms with Crippen LogP contribution >= 0.6 is 11.5 Å². The van der Waals surface area contributed by atoms with Gasteiger partial charge in [-0.2, -0.15) is 5.10 Å². The Kier molecular flexibility index (Phi) is 4.89. The van der Waals surface area contributed by atoms with Gasteiger partial charge in [0.05, 0.1) is 17.1 Å². The lowest BCUT2D eigenvalue weighted by Crippen LogP contribution is -2.32. The second-order valence-electron chi connectivity index (χ2n) is 4.34. The Bertz CT molecular complexity index is 713. The summed E-state index contributed by atoms with van der Waals surface area (Å²) in [6.07, 6.45) is 1.59. The molecule has 1 amide bonds. The van der Waals surface area contributed by atoms with E-state index in [9.17, 15) is 9.59 Å². The average Bonchev–Trinajstić information content (AvgIpc) is 2.92. The maximum absolute atomic E-state index is 12.4. The van der Waals surface area contributed by atoms with E-state index in [-0.39, 0.29) is 4.88 Å². The van der Waals surface area contributed by atoms with Crippen LogP contribution < -0.4 is 0 Å². The second kappa shape index (κ2) is 6.85. The van der Waals surface area contributed by atoms with E-state index in [0.717, 1.165) is 16.5 Å². The number of carboxylic acid groups (broad SMARTS) is 1. The van der Waals surface area contributed by atoms with Gasteiger partial charge in [0, 0.05) is 6.20 Å². The number of hydrazone groups is 1. The first-order valence-electron chi connectivity index (χ1n) is 6.28. The fourth-order valence-corrected chi connectivity index (χ4v) is 2.24. The van der Waals surface area contributed by atoms with Crippen molar-refractivity contribution in [2.45, 2.75) is 13.8 Å². The number of aromatic nitrogens is 3. The molecule has 0 atom stereocenters. The van der Waals surface area contributed by atoms with Crippen molar-refractivity contribution >= 4 is 29.1 Å². The number of hydrogen-bond donors (Lipinski definition) is 1. The van der Waals surface area contributed by atoms with Crippen molar-refractivity contribution in [1.29, 1.82) is 0 Å². The van der Waals surface area contributed by atoms with Crippen LogP contribution in [0.15, 0.2) is 29.5 Å². The summed E-state index contributed by atoms with van der Waals surface area (Å²) >= 11 is 0.906. The van der Waals surface area contributed by atoms with Crippen LogP contribution in [0.1, 0.15) is 28.0 Å². The molecule has 0 spiro atoms. The summed E-state index contributed by atoms with van der Waals surface area (Å²) < 4.78 is 3.68. The van der Waals surface area contributed by atoms with E-state index >= 15 is 0 Å². The van der Waals surface area contributed by atoms with Crippen molar-refractivity contribution in [3.05, 3.63) is 40.7 Å². The predicted molar refractivity (Wildman–Crippen MR) is 79.8 cm³/mol. The molecule has 2 aromatic rings. The predicted octanol–water partition coefficient (Wildman–Crippen LogP) is 1.19. The van der Waals surface area contributed by atoms with Crippen LogP contribution in [-0.2, 0) is 4.79 Å². The Hall–Kier alpha value is -2.68. The maximum atomic E-state index is 12.4. The zero-order chi connectivity index (χ0) is 16.1. The molecule has 0 bridgehead atoms. The normalized spacial score (nSPS) is 11.3. The van der Waals surface area contributed by atoms with E-state index < -0.39 is 18.4 Å². The molecule has 0 fully saturated rings. The number of carboxylic acids is 1. The molecule has 8 nitrogen and oxygen atoms in total. The van der Waals surface area contributed by atoms with Crippen molar-refractivity contribution < 1.29 is 14.7 Å². The summed E-state index contributed by atoms with van der Waals surface area (Å²) in [5, 5.41) is 17.7. The third kappa shape index (κ3) is 3.70. The first-order chi connectivity index (χ1) is 10.5. The Labute approximate surface area is 130 Å². The summed E-state index contributed by atoms with van der Waals surface area (Å²) in [4.78, 5) is 27.7. The average molecular weight is 319 g/mol. The smallest absolute Gasteiger partial charge is 0.325 e. The summed E-state index contributed by atoms with van der Waals surface area (Å²) in [5.74, 6) is -1.72. The third-order valence-corrected chi connectivity index (χ3v) is 3.49. The first kappa shape index (κ1) is 15.7. The molecule has 0 radical (unpaired) electrons. The molecule has 114 valence electrons. The van der Waals surface area contributed by atoms with Gasteiger partial charge in [-0.3, -0.25) is 14.6 Å². The highest BCUT2D eigenvalue weighted by atomic mass is 32.1. The highest BCUT2D eigenvalue weighted by molar-refractivity contribution is 7.07. The highest BCUT2D eigenvalue weighted by Gasteiger charge is 2.23. The van der Waals surface area contributed by atoms with Gasteiger partial charge in [-0.05, 0) is 37.5 Å². The van der Waals surface area contributed by atoms with Gasteiger partial charge in [0.2, 0.25) is 0 Å². The number of amides is 1. The number of rotatable bonds is 5. The van der Waals surface area contributed by atoms with Crippen LogP contribution in [0.5, 0.6) is 0 Å². The highest BCUT2D eigenvalue weighted by Crippen LogP contribution is 2.13. The summed E-state index contributed by atoms with van der Waals surface area (Å²) in [6, 6.07) is 5.26. The van der Waals surface area contributed by atoms with Gasteiger partial charge in [0.15, 0.2) is 0 Å². The van der Waals surface area contributed by atoms with Gasteiger partial charge in [-0.15, -0.1) is 5.10 Å². The van der Waals surface area contributed by atoms with Crippen molar-refractivity contribution in [3.63, 3.8) is 0 Å². The largest absolute Gasteiger partial charge is 0.480 e. The van der Waals surface area contributed by atoms with E-state index in [0.29, 0.717) is 17.1 Å². The Morgan fingerprint density at radius 2 is 2.18 bits per heavy atom. The molecule has 0 aliphatic rings. The second-order valence-corrected chi connectivity index (χ2v) is 5.10. The number of carbonyl (C=O) groups is 2. The molecule has 0 aromatic carbocycles. The summed E-state index contributed by atoms with van der Waals surface area (Å²) in [5.41, 5.74) is 1.44. The Morgan fingerprint density at radius 1 is 1.41 bits per heavy atom. The number of pyridine rings is 1. The molecule has 0 unspecified atom stereocenters. The van der Waals surface area contributed by atoms with E-state index in [1.165, 1.54) is 0 Å². The lowest BCUT2D eigenvalue weighted by Gasteiger charge is -2.15. The van der Waals surface area contributed by atoms with Gasteiger partial charge in [-0.25, -0.2) is 5.01 Å². The van der Waals surface area contributed by atoms with Crippen LogP contribution in [0.2, 0.25) is 0 Å². The molecule has 0 saturated carbocycles. The van der Waals surface area contributed by atoms with Gasteiger partial charge < -0.3 is 5.11 Å². The molecule has 0 saturated heterocycles. The van der Waals surface area contributed by atoms with Crippen LogP contribution in [0.4, 0.5) is 0 Å². The minimum atomic E-state index is -1.17. The molecule has 0 aliphatic heterocycles. The Balaban J connectivity index is 2.32. The van der Waals surface area contributed by atoms with Crippen molar-refractivity contribution in [2.24, 2.45) is 5.10 Å². The first-order valence-corrected chi connectivity index (χ1v) is 7.05. The molecule has 2 heterocycles. The quantitative estimate of drug-likeness (QED) is 0.655.